The second kappa shape index (κ2) is 5.63. The lowest BCUT2D eigenvalue weighted by Gasteiger charge is -2.47. The maximum Gasteiger partial charge on any atom is 0.311 e. The summed E-state index contributed by atoms with van der Waals surface area (Å²) in [5.41, 5.74) is 0.717. The van der Waals surface area contributed by atoms with Gasteiger partial charge in [-0.05, 0) is 15.9 Å². The summed E-state index contributed by atoms with van der Waals surface area (Å²) in [6, 6.07) is 0.497. The number of hydrogen-bond acceptors (Lipinski definition) is 6. The third-order valence-electron chi connectivity index (χ3n) is 3.90. The van der Waals surface area contributed by atoms with Crippen molar-refractivity contribution in [1.29, 1.82) is 0 Å². The van der Waals surface area contributed by atoms with Crippen LogP contribution in [0.5, 0.6) is 0 Å². The van der Waals surface area contributed by atoms with Gasteiger partial charge in [0.1, 0.15) is 11.9 Å². The molecule has 0 saturated carbocycles. The van der Waals surface area contributed by atoms with Crippen molar-refractivity contribution in [3.05, 3.63) is 27.0 Å². The molecule has 0 amide bonds. The highest BCUT2D eigenvalue weighted by Crippen LogP contribution is 2.37. The molecule has 7 nitrogen and oxygen atoms in total. The number of piperazine rings is 1. The van der Waals surface area contributed by atoms with E-state index in [1.165, 1.54) is 6.20 Å². The van der Waals surface area contributed by atoms with Gasteiger partial charge < -0.3 is 10.2 Å². The number of pyridine rings is 1. The van der Waals surface area contributed by atoms with Crippen molar-refractivity contribution in [2.45, 2.75) is 6.04 Å². The first-order chi connectivity index (χ1) is 9.66. The van der Waals surface area contributed by atoms with Crippen LogP contribution >= 0.6 is 15.9 Å². The summed E-state index contributed by atoms with van der Waals surface area (Å²) in [6.45, 7) is 5.83. The molecule has 1 aromatic heterocycles. The van der Waals surface area contributed by atoms with Gasteiger partial charge in [-0.15, -0.1) is 0 Å². The first kappa shape index (κ1) is 13.7. The van der Waals surface area contributed by atoms with Crippen molar-refractivity contribution < 1.29 is 4.92 Å². The zero-order valence-corrected chi connectivity index (χ0v) is 12.5. The Morgan fingerprint density at radius 1 is 1.35 bits per heavy atom. The molecule has 0 atom stereocenters. The fourth-order valence-electron chi connectivity index (χ4n) is 2.78. The topological polar surface area (TPSA) is 74.5 Å². The van der Waals surface area contributed by atoms with E-state index in [2.05, 4.69) is 36.0 Å². The van der Waals surface area contributed by atoms with E-state index in [1.54, 1.807) is 6.20 Å². The first-order valence-corrected chi connectivity index (χ1v) is 7.43. The minimum absolute atomic E-state index is 0.0677. The number of nitrogens with one attached hydrogen (secondary N) is 1. The van der Waals surface area contributed by atoms with Crippen LogP contribution in [0.4, 0.5) is 11.4 Å². The minimum atomic E-state index is -0.370. The average Bonchev–Trinajstić information content (AvgIpc) is 2.40. The number of halogens is 1. The van der Waals surface area contributed by atoms with Crippen LogP contribution in [0, 0.1) is 10.1 Å². The molecule has 2 aliphatic rings. The Kier molecular flexibility index (Phi) is 3.86. The van der Waals surface area contributed by atoms with Gasteiger partial charge in [0.05, 0.1) is 9.40 Å². The van der Waals surface area contributed by atoms with Crippen LogP contribution in [-0.2, 0) is 0 Å². The molecule has 1 aromatic rings. The zero-order valence-electron chi connectivity index (χ0n) is 11.0. The SMILES string of the molecule is O=[N+]([O-])c1cncc(Br)c1N1CC(N2CCNCC2)C1. The van der Waals surface area contributed by atoms with Gasteiger partial charge in [0, 0.05) is 51.5 Å². The van der Waals surface area contributed by atoms with E-state index in [4.69, 9.17) is 0 Å². The van der Waals surface area contributed by atoms with E-state index in [1.807, 2.05) is 0 Å². The van der Waals surface area contributed by atoms with Crippen LogP contribution in [0.1, 0.15) is 0 Å². The molecular weight excluding hydrogens is 326 g/mol. The molecule has 2 aliphatic heterocycles. The van der Waals surface area contributed by atoms with Crippen molar-refractivity contribution in [2.75, 3.05) is 44.2 Å². The predicted molar refractivity (Wildman–Crippen MR) is 79.0 cm³/mol. The van der Waals surface area contributed by atoms with Crippen LogP contribution in [0.2, 0.25) is 0 Å². The van der Waals surface area contributed by atoms with E-state index in [0.29, 0.717) is 16.2 Å². The van der Waals surface area contributed by atoms with Gasteiger partial charge in [-0.2, -0.15) is 0 Å². The van der Waals surface area contributed by atoms with E-state index >= 15 is 0 Å². The highest BCUT2D eigenvalue weighted by molar-refractivity contribution is 9.10. The zero-order chi connectivity index (χ0) is 14.1. The Hall–Kier alpha value is -1.25. The highest BCUT2D eigenvalue weighted by Gasteiger charge is 2.36. The van der Waals surface area contributed by atoms with Gasteiger partial charge in [0.25, 0.3) is 0 Å². The largest absolute Gasteiger partial charge is 0.362 e. The highest BCUT2D eigenvalue weighted by atomic mass is 79.9. The molecular formula is C12H16BrN5O2. The molecule has 0 aromatic carbocycles. The molecule has 20 heavy (non-hydrogen) atoms. The first-order valence-electron chi connectivity index (χ1n) is 6.64. The van der Waals surface area contributed by atoms with Crippen molar-refractivity contribution in [3.8, 4) is 0 Å². The summed E-state index contributed by atoms with van der Waals surface area (Å²) < 4.78 is 0.686. The number of hydrogen-bond donors (Lipinski definition) is 1. The smallest absolute Gasteiger partial charge is 0.311 e. The van der Waals surface area contributed by atoms with Crippen LogP contribution in [0.3, 0.4) is 0 Å². The van der Waals surface area contributed by atoms with Gasteiger partial charge in [-0.25, -0.2) is 0 Å². The summed E-state index contributed by atoms with van der Waals surface area (Å²) in [5, 5.41) is 14.4. The third-order valence-corrected chi connectivity index (χ3v) is 4.48. The molecule has 2 fully saturated rings. The monoisotopic (exact) mass is 341 g/mol. The van der Waals surface area contributed by atoms with E-state index in [9.17, 15) is 10.1 Å². The third kappa shape index (κ3) is 2.50. The molecule has 0 unspecified atom stereocenters. The van der Waals surface area contributed by atoms with Crippen molar-refractivity contribution >= 4 is 27.3 Å². The number of anilines is 1. The van der Waals surface area contributed by atoms with Crippen molar-refractivity contribution in [2.24, 2.45) is 0 Å². The maximum atomic E-state index is 11.1. The van der Waals surface area contributed by atoms with Crippen molar-refractivity contribution in [1.82, 2.24) is 15.2 Å². The lowest BCUT2D eigenvalue weighted by atomic mass is 10.0. The number of aromatic nitrogens is 1. The Bertz CT molecular complexity index is 515. The summed E-state index contributed by atoms with van der Waals surface area (Å²) >= 11 is 3.37. The normalized spacial score (nSPS) is 20.8. The number of nitro groups is 1. The molecule has 0 aliphatic carbocycles. The molecule has 1 N–H and O–H groups in total. The van der Waals surface area contributed by atoms with Crippen LogP contribution in [0.15, 0.2) is 16.9 Å². The Morgan fingerprint density at radius 3 is 2.70 bits per heavy atom. The Labute approximate surface area is 125 Å². The van der Waals surface area contributed by atoms with Gasteiger partial charge in [-0.3, -0.25) is 20.0 Å². The molecule has 0 spiro atoms. The second-order valence-electron chi connectivity index (χ2n) is 5.09. The summed E-state index contributed by atoms with van der Waals surface area (Å²) in [6.07, 6.45) is 2.93. The molecule has 8 heteroatoms. The Balaban J connectivity index is 1.72. The molecule has 0 bridgehead atoms. The molecule has 0 radical (unpaired) electrons. The fraction of sp³-hybridized carbons (Fsp3) is 0.583. The minimum Gasteiger partial charge on any atom is -0.362 e. The van der Waals surface area contributed by atoms with Gasteiger partial charge in [0.2, 0.25) is 0 Å². The van der Waals surface area contributed by atoms with Crippen LogP contribution in [0.25, 0.3) is 0 Å². The molecule has 108 valence electrons. The number of rotatable bonds is 3. The lowest BCUT2D eigenvalue weighted by Crippen LogP contribution is -2.63. The summed E-state index contributed by atoms with van der Waals surface area (Å²) in [4.78, 5) is 19.1. The summed E-state index contributed by atoms with van der Waals surface area (Å²) in [5.74, 6) is 0. The fourth-order valence-corrected chi connectivity index (χ4v) is 3.35. The lowest BCUT2D eigenvalue weighted by molar-refractivity contribution is -0.384. The Morgan fingerprint density at radius 2 is 2.05 bits per heavy atom. The second-order valence-corrected chi connectivity index (χ2v) is 5.95. The van der Waals surface area contributed by atoms with Crippen molar-refractivity contribution in [3.63, 3.8) is 0 Å². The van der Waals surface area contributed by atoms with Crippen LogP contribution < -0.4 is 10.2 Å². The van der Waals surface area contributed by atoms with E-state index < -0.39 is 0 Å². The maximum absolute atomic E-state index is 11.1. The molecule has 3 rings (SSSR count). The predicted octanol–water partition coefficient (Wildman–Crippen LogP) is 0.846. The standard InChI is InChI=1S/C12H16BrN5O2/c13-10-5-15-6-11(18(19)20)12(10)17-7-9(8-17)16-3-1-14-2-4-16/h5-6,9,14H,1-4,7-8H2. The van der Waals surface area contributed by atoms with Gasteiger partial charge in [0.15, 0.2) is 0 Å². The van der Waals surface area contributed by atoms with Gasteiger partial charge in [-0.1, -0.05) is 0 Å². The number of nitrogens with zero attached hydrogens (tertiary/aromatic N) is 4. The van der Waals surface area contributed by atoms with E-state index in [-0.39, 0.29) is 10.6 Å². The molecule has 3 heterocycles. The summed E-state index contributed by atoms with van der Waals surface area (Å²) in [7, 11) is 0. The van der Waals surface area contributed by atoms with E-state index in [0.717, 1.165) is 39.3 Å². The van der Waals surface area contributed by atoms with Crippen LogP contribution in [-0.4, -0.2) is 60.1 Å². The average molecular weight is 342 g/mol. The molecule has 2 saturated heterocycles. The quantitative estimate of drug-likeness (QED) is 0.648. The van der Waals surface area contributed by atoms with Gasteiger partial charge >= 0.3 is 5.69 Å².